The summed E-state index contributed by atoms with van der Waals surface area (Å²) in [6.45, 7) is 4.41. The van der Waals surface area contributed by atoms with Gasteiger partial charge in [0.05, 0.1) is 7.11 Å². The van der Waals surface area contributed by atoms with Gasteiger partial charge in [-0.1, -0.05) is 35.3 Å². The summed E-state index contributed by atoms with van der Waals surface area (Å²) in [7, 11) is 1.65. The third-order valence-electron chi connectivity index (χ3n) is 4.88. The molecule has 0 unspecified atom stereocenters. The molecule has 1 aliphatic rings. The molecule has 2 N–H and O–H groups in total. The van der Waals surface area contributed by atoms with Crippen LogP contribution in [0.1, 0.15) is 24.0 Å². The first-order valence-corrected chi connectivity index (χ1v) is 10.1. The molecule has 146 valence electrons. The van der Waals surface area contributed by atoms with E-state index in [9.17, 15) is 0 Å². The largest absolute Gasteiger partial charge is 0.493 e. The van der Waals surface area contributed by atoms with Gasteiger partial charge in [0, 0.05) is 22.2 Å². The van der Waals surface area contributed by atoms with Crippen LogP contribution in [0.25, 0.3) is 0 Å². The van der Waals surface area contributed by atoms with Crippen molar-refractivity contribution in [3.63, 3.8) is 0 Å². The standard InChI is InChI=1S/C21H26Cl2N2O2/c1-26-21-11-16(13-25-12-15-7-9-24-10-8-15)5-6-20(21)27-14-17-18(22)3-2-4-19(17)23/h2-6,11,15,24-25H,7-10,12-14H2,1H3. The van der Waals surface area contributed by atoms with Crippen molar-refractivity contribution >= 4 is 23.2 Å². The first kappa shape index (κ1) is 20.3. The van der Waals surface area contributed by atoms with Gasteiger partial charge in [-0.3, -0.25) is 0 Å². The molecule has 6 heteroatoms. The zero-order chi connectivity index (χ0) is 19.1. The van der Waals surface area contributed by atoms with Gasteiger partial charge in [0.1, 0.15) is 6.61 Å². The summed E-state index contributed by atoms with van der Waals surface area (Å²) in [4.78, 5) is 0. The number of hydrogen-bond acceptors (Lipinski definition) is 4. The van der Waals surface area contributed by atoms with Crippen LogP contribution in [0.4, 0.5) is 0 Å². The van der Waals surface area contributed by atoms with E-state index in [0.29, 0.717) is 28.2 Å². The Balaban J connectivity index is 1.57. The van der Waals surface area contributed by atoms with Crippen molar-refractivity contribution in [3.05, 3.63) is 57.6 Å². The summed E-state index contributed by atoms with van der Waals surface area (Å²) in [6.07, 6.45) is 2.49. The molecule has 2 aromatic carbocycles. The van der Waals surface area contributed by atoms with Gasteiger partial charge >= 0.3 is 0 Å². The SMILES string of the molecule is COc1cc(CNCC2CCNCC2)ccc1OCc1c(Cl)cccc1Cl. The van der Waals surface area contributed by atoms with Crippen LogP contribution < -0.4 is 20.1 Å². The number of nitrogens with one attached hydrogen (secondary N) is 2. The molecular weight excluding hydrogens is 383 g/mol. The Morgan fingerprint density at radius 3 is 2.52 bits per heavy atom. The van der Waals surface area contributed by atoms with Crippen molar-refractivity contribution in [1.29, 1.82) is 0 Å². The normalized spacial score (nSPS) is 14.9. The van der Waals surface area contributed by atoms with E-state index >= 15 is 0 Å². The fraction of sp³-hybridized carbons (Fsp3) is 0.429. The number of hydrogen-bond donors (Lipinski definition) is 2. The van der Waals surface area contributed by atoms with Crippen LogP contribution in [-0.2, 0) is 13.2 Å². The average Bonchev–Trinajstić information content (AvgIpc) is 2.69. The van der Waals surface area contributed by atoms with E-state index in [1.165, 1.54) is 18.4 Å². The molecule has 1 fully saturated rings. The molecule has 0 aliphatic carbocycles. The zero-order valence-corrected chi connectivity index (χ0v) is 17.1. The van der Waals surface area contributed by atoms with Gasteiger partial charge in [0.25, 0.3) is 0 Å². The van der Waals surface area contributed by atoms with Gasteiger partial charge in [-0.05, 0) is 68.2 Å². The Labute approximate surface area is 171 Å². The lowest BCUT2D eigenvalue weighted by Crippen LogP contribution is -2.33. The highest BCUT2D eigenvalue weighted by Gasteiger charge is 2.13. The smallest absolute Gasteiger partial charge is 0.161 e. The van der Waals surface area contributed by atoms with Gasteiger partial charge in [-0.25, -0.2) is 0 Å². The maximum absolute atomic E-state index is 6.21. The van der Waals surface area contributed by atoms with Gasteiger partial charge in [0.15, 0.2) is 11.5 Å². The van der Waals surface area contributed by atoms with E-state index in [4.69, 9.17) is 32.7 Å². The van der Waals surface area contributed by atoms with E-state index in [0.717, 1.165) is 37.7 Å². The molecule has 4 nitrogen and oxygen atoms in total. The second kappa shape index (κ2) is 10.2. The minimum absolute atomic E-state index is 0.294. The monoisotopic (exact) mass is 408 g/mol. The number of halogens is 2. The number of rotatable bonds is 8. The quantitative estimate of drug-likeness (QED) is 0.665. The summed E-state index contributed by atoms with van der Waals surface area (Å²) >= 11 is 12.4. The Bertz CT molecular complexity index is 729. The van der Waals surface area contributed by atoms with Gasteiger partial charge in [-0.15, -0.1) is 0 Å². The topological polar surface area (TPSA) is 42.5 Å². The fourth-order valence-corrected chi connectivity index (χ4v) is 3.77. The molecule has 0 amide bonds. The van der Waals surface area contributed by atoms with Crippen LogP contribution in [0.15, 0.2) is 36.4 Å². The summed E-state index contributed by atoms with van der Waals surface area (Å²) in [5, 5.41) is 8.15. The van der Waals surface area contributed by atoms with E-state index in [2.05, 4.69) is 16.7 Å². The van der Waals surface area contributed by atoms with Crippen molar-refractivity contribution in [3.8, 4) is 11.5 Å². The summed E-state index contributed by atoms with van der Waals surface area (Å²) < 4.78 is 11.4. The van der Waals surface area contributed by atoms with Crippen molar-refractivity contribution in [2.75, 3.05) is 26.7 Å². The second-order valence-corrected chi connectivity index (χ2v) is 7.61. The van der Waals surface area contributed by atoms with Crippen molar-refractivity contribution in [2.45, 2.75) is 26.0 Å². The number of methoxy groups -OCH3 is 1. The maximum Gasteiger partial charge on any atom is 0.161 e. The zero-order valence-electron chi connectivity index (χ0n) is 15.6. The molecule has 0 aromatic heterocycles. The lowest BCUT2D eigenvalue weighted by molar-refractivity contribution is 0.284. The fourth-order valence-electron chi connectivity index (χ4n) is 3.27. The van der Waals surface area contributed by atoms with E-state index in [1.807, 2.05) is 18.2 Å². The highest BCUT2D eigenvalue weighted by atomic mass is 35.5. The number of benzene rings is 2. The summed E-state index contributed by atoms with van der Waals surface area (Å²) in [6, 6.07) is 11.4. The van der Waals surface area contributed by atoms with Crippen molar-refractivity contribution < 1.29 is 9.47 Å². The third-order valence-corrected chi connectivity index (χ3v) is 5.59. The van der Waals surface area contributed by atoms with Crippen molar-refractivity contribution in [2.24, 2.45) is 5.92 Å². The number of ether oxygens (including phenoxy) is 2. The lowest BCUT2D eigenvalue weighted by atomic mass is 9.98. The third kappa shape index (κ3) is 5.76. The minimum atomic E-state index is 0.294. The number of piperidine rings is 1. The molecule has 27 heavy (non-hydrogen) atoms. The molecule has 0 bridgehead atoms. The first-order chi connectivity index (χ1) is 13.2. The van der Waals surface area contributed by atoms with E-state index < -0.39 is 0 Å². The highest BCUT2D eigenvalue weighted by Crippen LogP contribution is 2.31. The van der Waals surface area contributed by atoms with Crippen LogP contribution in [0, 0.1) is 5.92 Å². The molecule has 0 radical (unpaired) electrons. The maximum atomic E-state index is 6.21. The minimum Gasteiger partial charge on any atom is -0.493 e. The molecule has 0 atom stereocenters. The van der Waals surface area contributed by atoms with E-state index in [-0.39, 0.29) is 0 Å². The van der Waals surface area contributed by atoms with Gasteiger partial charge < -0.3 is 20.1 Å². The summed E-state index contributed by atoms with van der Waals surface area (Å²) in [5.74, 6) is 2.14. The van der Waals surface area contributed by atoms with Crippen LogP contribution >= 0.6 is 23.2 Å². The molecule has 0 saturated carbocycles. The predicted octanol–water partition coefficient (Wildman–Crippen LogP) is 4.67. The van der Waals surface area contributed by atoms with Crippen LogP contribution in [0.5, 0.6) is 11.5 Å². The molecule has 1 heterocycles. The molecule has 1 saturated heterocycles. The molecule has 0 spiro atoms. The lowest BCUT2D eigenvalue weighted by Gasteiger charge is -2.23. The van der Waals surface area contributed by atoms with Crippen LogP contribution in [-0.4, -0.2) is 26.7 Å². The molecule has 2 aromatic rings. The van der Waals surface area contributed by atoms with Gasteiger partial charge in [0.2, 0.25) is 0 Å². The van der Waals surface area contributed by atoms with Crippen LogP contribution in [0.3, 0.4) is 0 Å². The second-order valence-electron chi connectivity index (χ2n) is 6.80. The first-order valence-electron chi connectivity index (χ1n) is 9.31. The molecule has 1 aliphatic heterocycles. The average molecular weight is 409 g/mol. The van der Waals surface area contributed by atoms with E-state index in [1.54, 1.807) is 19.2 Å². The Morgan fingerprint density at radius 1 is 1.07 bits per heavy atom. The van der Waals surface area contributed by atoms with Crippen molar-refractivity contribution in [1.82, 2.24) is 10.6 Å². The Hall–Kier alpha value is -1.46. The predicted molar refractivity (Wildman–Crippen MR) is 111 cm³/mol. The Morgan fingerprint density at radius 2 is 1.81 bits per heavy atom. The highest BCUT2D eigenvalue weighted by molar-refractivity contribution is 6.35. The molecule has 3 rings (SSSR count). The van der Waals surface area contributed by atoms with Gasteiger partial charge in [-0.2, -0.15) is 0 Å². The molecular formula is C21H26Cl2N2O2. The Kier molecular flexibility index (Phi) is 7.65. The van der Waals surface area contributed by atoms with Crippen LogP contribution in [0.2, 0.25) is 10.0 Å². The summed E-state index contributed by atoms with van der Waals surface area (Å²) in [5.41, 5.74) is 1.94.